The molecule has 0 saturated heterocycles. The van der Waals surface area contributed by atoms with E-state index in [9.17, 15) is 5.11 Å². The molecule has 0 spiro atoms. The summed E-state index contributed by atoms with van der Waals surface area (Å²) in [5.41, 5.74) is 6.84. The summed E-state index contributed by atoms with van der Waals surface area (Å²) in [4.78, 5) is 0. The molecule has 0 heterocycles. The van der Waals surface area contributed by atoms with E-state index in [1.165, 1.54) is 12.8 Å². The lowest BCUT2D eigenvalue weighted by Gasteiger charge is -2.14. The Labute approximate surface area is 102 Å². The Morgan fingerprint density at radius 2 is 2.19 bits per heavy atom. The number of aromatic hydroxyl groups is 1. The molecular formula is C12H18ClNO2. The number of hydrogen-bond acceptors (Lipinski definition) is 3. The van der Waals surface area contributed by atoms with Crippen LogP contribution in [0, 0.1) is 5.92 Å². The second-order valence-electron chi connectivity index (χ2n) is 4.18. The third-order valence-corrected chi connectivity index (χ3v) is 2.93. The van der Waals surface area contributed by atoms with E-state index < -0.39 is 0 Å². The van der Waals surface area contributed by atoms with Crippen molar-refractivity contribution >= 4 is 12.4 Å². The first-order valence-corrected chi connectivity index (χ1v) is 5.33. The van der Waals surface area contributed by atoms with Gasteiger partial charge < -0.3 is 15.6 Å². The van der Waals surface area contributed by atoms with Gasteiger partial charge in [-0.15, -0.1) is 12.4 Å². The van der Waals surface area contributed by atoms with Crippen molar-refractivity contribution in [1.29, 1.82) is 0 Å². The highest BCUT2D eigenvalue weighted by Gasteiger charge is 2.26. The minimum absolute atomic E-state index is 0. The van der Waals surface area contributed by atoms with Gasteiger partial charge in [-0.2, -0.15) is 0 Å². The summed E-state index contributed by atoms with van der Waals surface area (Å²) in [6, 6.07) is 5.39. The summed E-state index contributed by atoms with van der Waals surface area (Å²) in [6.45, 7) is 0. The molecule has 0 amide bonds. The molecular weight excluding hydrogens is 226 g/mol. The van der Waals surface area contributed by atoms with Gasteiger partial charge in [0.05, 0.1) is 7.11 Å². The lowest BCUT2D eigenvalue weighted by Crippen LogP contribution is -2.11. The lowest BCUT2D eigenvalue weighted by molar-refractivity contribution is 0.367. The topological polar surface area (TPSA) is 55.5 Å². The first-order valence-electron chi connectivity index (χ1n) is 5.33. The zero-order chi connectivity index (χ0) is 10.8. The quantitative estimate of drug-likeness (QED) is 0.855. The average molecular weight is 244 g/mol. The van der Waals surface area contributed by atoms with Crippen molar-refractivity contribution in [3.63, 3.8) is 0 Å². The van der Waals surface area contributed by atoms with Gasteiger partial charge >= 0.3 is 0 Å². The molecule has 0 aromatic heterocycles. The first-order chi connectivity index (χ1) is 7.22. The van der Waals surface area contributed by atoms with Crippen LogP contribution in [-0.2, 0) is 0 Å². The molecule has 0 unspecified atom stereocenters. The van der Waals surface area contributed by atoms with Gasteiger partial charge in [0.1, 0.15) is 0 Å². The minimum Gasteiger partial charge on any atom is -0.504 e. The molecule has 1 aliphatic carbocycles. The SMILES string of the molecule is COc1cccc([C@H](N)CC2CC2)c1O.Cl. The molecule has 1 aromatic rings. The van der Waals surface area contributed by atoms with Crippen LogP contribution in [0.5, 0.6) is 11.5 Å². The molecule has 1 aromatic carbocycles. The number of phenolic OH excluding ortho intramolecular Hbond substituents is 1. The zero-order valence-electron chi connectivity index (χ0n) is 9.35. The summed E-state index contributed by atoms with van der Waals surface area (Å²) in [5.74, 6) is 1.44. The van der Waals surface area contributed by atoms with Crippen LogP contribution >= 0.6 is 12.4 Å². The molecule has 3 nitrogen and oxygen atoms in total. The van der Waals surface area contributed by atoms with Gasteiger partial charge in [0.2, 0.25) is 0 Å². The van der Waals surface area contributed by atoms with E-state index in [4.69, 9.17) is 10.5 Å². The van der Waals surface area contributed by atoms with Crippen LogP contribution in [0.3, 0.4) is 0 Å². The van der Waals surface area contributed by atoms with Crippen molar-refractivity contribution < 1.29 is 9.84 Å². The number of rotatable bonds is 4. The van der Waals surface area contributed by atoms with Crippen molar-refractivity contribution in [1.82, 2.24) is 0 Å². The molecule has 2 rings (SSSR count). The molecule has 1 fully saturated rings. The Kier molecular flexibility index (Phi) is 4.44. The van der Waals surface area contributed by atoms with Crippen molar-refractivity contribution in [2.24, 2.45) is 11.7 Å². The number of benzene rings is 1. The maximum atomic E-state index is 9.89. The number of phenols is 1. The maximum absolute atomic E-state index is 9.89. The molecule has 0 aliphatic heterocycles. The van der Waals surface area contributed by atoms with Gasteiger partial charge in [-0.05, 0) is 18.4 Å². The molecule has 90 valence electrons. The van der Waals surface area contributed by atoms with Crippen molar-refractivity contribution in [3.8, 4) is 11.5 Å². The molecule has 0 bridgehead atoms. The summed E-state index contributed by atoms with van der Waals surface area (Å²) in [6.07, 6.45) is 3.51. The van der Waals surface area contributed by atoms with Crippen LogP contribution in [0.15, 0.2) is 18.2 Å². The Morgan fingerprint density at radius 3 is 2.75 bits per heavy atom. The van der Waals surface area contributed by atoms with Crippen molar-refractivity contribution in [2.45, 2.75) is 25.3 Å². The van der Waals surface area contributed by atoms with E-state index in [2.05, 4.69) is 0 Å². The monoisotopic (exact) mass is 243 g/mol. The van der Waals surface area contributed by atoms with Crippen LogP contribution in [0.25, 0.3) is 0 Å². The number of ether oxygens (including phenoxy) is 1. The van der Waals surface area contributed by atoms with Gasteiger partial charge in [-0.1, -0.05) is 25.0 Å². The van der Waals surface area contributed by atoms with E-state index in [1.807, 2.05) is 12.1 Å². The highest BCUT2D eigenvalue weighted by molar-refractivity contribution is 5.85. The second kappa shape index (κ2) is 5.41. The van der Waals surface area contributed by atoms with E-state index in [0.717, 1.165) is 17.9 Å². The largest absolute Gasteiger partial charge is 0.504 e. The molecule has 0 radical (unpaired) electrons. The molecule has 3 N–H and O–H groups in total. The Balaban J connectivity index is 0.00000128. The van der Waals surface area contributed by atoms with Gasteiger partial charge in [0, 0.05) is 11.6 Å². The Morgan fingerprint density at radius 1 is 1.50 bits per heavy atom. The number of methoxy groups -OCH3 is 1. The summed E-state index contributed by atoms with van der Waals surface area (Å²) in [7, 11) is 1.55. The van der Waals surface area contributed by atoms with Gasteiger partial charge in [-0.25, -0.2) is 0 Å². The number of nitrogens with two attached hydrogens (primary N) is 1. The number of para-hydroxylation sites is 1. The van der Waals surface area contributed by atoms with E-state index in [-0.39, 0.29) is 24.2 Å². The molecule has 16 heavy (non-hydrogen) atoms. The fraction of sp³-hybridized carbons (Fsp3) is 0.500. The first kappa shape index (κ1) is 13.1. The van der Waals surface area contributed by atoms with Crippen LogP contribution in [0.2, 0.25) is 0 Å². The fourth-order valence-electron chi connectivity index (χ4n) is 1.84. The van der Waals surface area contributed by atoms with Crippen LogP contribution in [0.1, 0.15) is 30.9 Å². The maximum Gasteiger partial charge on any atom is 0.162 e. The summed E-state index contributed by atoms with van der Waals surface area (Å²) < 4.78 is 5.05. The zero-order valence-corrected chi connectivity index (χ0v) is 10.2. The van der Waals surface area contributed by atoms with Crippen LogP contribution in [-0.4, -0.2) is 12.2 Å². The van der Waals surface area contributed by atoms with Crippen molar-refractivity contribution in [2.75, 3.05) is 7.11 Å². The van der Waals surface area contributed by atoms with E-state index >= 15 is 0 Å². The fourth-order valence-corrected chi connectivity index (χ4v) is 1.84. The van der Waals surface area contributed by atoms with E-state index in [0.29, 0.717) is 5.75 Å². The van der Waals surface area contributed by atoms with Crippen molar-refractivity contribution in [3.05, 3.63) is 23.8 Å². The number of hydrogen-bond donors (Lipinski definition) is 2. The smallest absolute Gasteiger partial charge is 0.162 e. The summed E-state index contributed by atoms with van der Waals surface area (Å²) in [5, 5.41) is 9.89. The predicted octanol–water partition coefficient (Wildman–Crippen LogP) is 2.62. The molecule has 1 aliphatic rings. The highest BCUT2D eigenvalue weighted by atomic mass is 35.5. The highest BCUT2D eigenvalue weighted by Crippen LogP contribution is 2.40. The molecule has 1 saturated carbocycles. The standard InChI is InChI=1S/C12H17NO2.ClH/c1-15-11-4-2-3-9(12(11)14)10(13)7-8-5-6-8;/h2-4,8,10,14H,5-7,13H2,1H3;1H/t10-;/m1./s1. The second-order valence-corrected chi connectivity index (χ2v) is 4.18. The predicted molar refractivity (Wildman–Crippen MR) is 66.2 cm³/mol. The van der Waals surface area contributed by atoms with Gasteiger partial charge in [0.25, 0.3) is 0 Å². The molecule has 1 atom stereocenters. The average Bonchev–Trinajstić information content (AvgIpc) is 3.02. The Bertz CT molecular complexity index is 353. The minimum atomic E-state index is -0.0763. The van der Waals surface area contributed by atoms with E-state index in [1.54, 1.807) is 13.2 Å². The Hall–Kier alpha value is -0.930. The summed E-state index contributed by atoms with van der Waals surface area (Å²) >= 11 is 0. The number of halogens is 1. The third kappa shape index (κ3) is 2.80. The van der Waals surface area contributed by atoms with Crippen LogP contribution < -0.4 is 10.5 Å². The van der Waals surface area contributed by atoms with Gasteiger partial charge in [-0.3, -0.25) is 0 Å². The third-order valence-electron chi connectivity index (χ3n) is 2.93. The molecule has 4 heteroatoms. The lowest BCUT2D eigenvalue weighted by atomic mass is 10.0. The van der Waals surface area contributed by atoms with Gasteiger partial charge in [0.15, 0.2) is 11.5 Å². The van der Waals surface area contributed by atoms with Crippen LogP contribution in [0.4, 0.5) is 0 Å². The normalized spacial score (nSPS) is 16.4.